The Morgan fingerprint density at radius 2 is 1.27 bits per heavy atom. The van der Waals surface area contributed by atoms with Gasteiger partial charge in [-0.15, -0.1) is 0 Å². The first-order valence-electron chi connectivity index (χ1n) is 5.31. The van der Waals surface area contributed by atoms with E-state index in [4.69, 9.17) is 9.47 Å². The van der Waals surface area contributed by atoms with E-state index in [9.17, 15) is 4.79 Å². The van der Waals surface area contributed by atoms with E-state index in [1.807, 2.05) is 10.0 Å². The van der Waals surface area contributed by atoms with Crippen LogP contribution in [0.1, 0.15) is 0 Å². The van der Waals surface area contributed by atoms with Gasteiger partial charge >= 0.3 is 0 Å². The van der Waals surface area contributed by atoms with Crippen LogP contribution >= 0.6 is 0 Å². The Morgan fingerprint density at radius 1 is 0.867 bits per heavy atom. The molecule has 0 saturated carbocycles. The number of nitrogens with zero attached hydrogens (tertiary/aromatic N) is 3. The van der Waals surface area contributed by atoms with Crippen LogP contribution < -0.4 is 0 Å². The first kappa shape index (κ1) is 10.8. The maximum atomic E-state index is 11.1. The first-order chi connectivity index (χ1) is 7.42. The van der Waals surface area contributed by atoms with E-state index in [2.05, 4.69) is 0 Å². The Balaban J connectivity index is 1.91. The highest BCUT2D eigenvalue weighted by Gasteiger charge is 2.24. The number of hydrazine groups is 2. The van der Waals surface area contributed by atoms with E-state index >= 15 is 0 Å². The summed E-state index contributed by atoms with van der Waals surface area (Å²) in [6.07, 6.45) is 0.872. The van der Waals surface area contributed by atoms with Gasteiger partial charge in [0.1, 0.15) is 0 Å². The molecule has 2 fully saturated rings. The zero-order valence-corrected chi connectivity index (χ0v) is 8.80. The van der Waals surface area contributed by atoms with Gasteiger partial charge in [0.2, 0.25) is 6.41 Å². The lowest BCUT2D eigenvalue weighted by molar-refractivity contribution is -0.213. The third kappa shape index (κ3) is 2.66. The molecule has 2 rings (SSSR count). The fraction of sp³-hybridized carbons (Fsp3) is 0.889. The van der Waals surface area contributed by atoms with Gasteiger partial charge in [-0.05, 0) is 0 Å². The molecule has 2 heterocycles. The van der Waals surface area contributed by atoms with Crippen molar-refractivity contribution in [2.45, 2.75) is 0 Å². The van der Waals surface area contributed by atoms with Gasteiger partial charge < -0.3 is 9.47 Å². The summed E-state index contributed by atoms with van der Waals surface area (Å²) in [5, 5.41) is 5.70. The van der Waals surface area contributed by atoms with Crippen LogP contribution in [-0.2, 0) is 14.3 Å². The number of ether oxygens (including phenoxy) is 2. The SMILES string of the molecule is O=CN(N1CCOCC1)N1CCOCC1. The van der Waals surface area contributed by atoms with Crippen LogP contribution in [0.5, 0.6) is 0 Å². The van der Waals surface area contributed by atoms with Crippen molar-refractivity contribution in [3.05, 3.63) is 0 Å². The molecule has 2 aliphatic heterocycles. The Hall–Kier alpha value is -0.690. The van der Waals surface area contributed by atoms with E-state index in [1.165, 1.54) is 0 Å². The molecule has 0 atom stereocenters. The standard InChI is InChI=1S/C9H17N3O3/c13-9-12(10-1-5-14-6-2-10)11-3-7-15-8-4-11/h9H,1-8H2. The largest absolute Gasteiger partial charge is 0.379 e. The zero-order chi connectivity index (χ0) is 10.5. The van der Waals surface area contributed by atoms with Crippen LogP contribution in [0, 0.1) is 0 Å². The molecule has 0 bridgehead atoms. The second kappa shape index (κ2) is 5.41. The Bertz CT molecular complexity index is 185. The van der Waals surface area contributed by atoms with Gasteiger partial charge in [-0.3, -0.25) is 4.79 Å². The maximum Gasteiger partial charge on any atom is 0.239 e. The summed E-state index contributed by atoms with van der Waals surface area (Å²) >= 11 is 0. The van der Waals surface area contributed by atoms with Crippen molar-refractivity contribution < 1.29 is 14.3 Å². The molecule has 2 aliphatic rings. The molecule has 0 spiro atoms. The average molecular weight is 215 g/mol. The molecule has 0 aliphatic carbocycles. The molecule has 2 saturated heterocycles. The third-order valence-corrected chi connectivity index (χ3v) is 2.65. The number of rotatable bonds is 3. The number of amides is 1. The summed E-state index contributed by atoms with van der Waals surface area (Å²) in [6.45, 7) is 5.85. The molecule has 1 amide bonds. The summed E-state index contributed by atoms with van der Waals surface area (Å²) in [6, 6.07) is 0. The lowest BCUT2D eigenvalue weighted by atomic mass is 10.5. The topological polar surface area (TPSA) is 45.2 Å². The Labute approximate surface area is 89.3 Å². The molecule has 6 nitrogen and oxygen atoms in total. The number of hydrogen-bond acceptors (Lipinski definition) is 5. The predicted octanol–water partition coefficient (Wildman–Crippen LogP) is -1.06. The third-order valence-electron chi connectivity index (χ3n) is 2.65. The second-order valence-electron chi connectivity index (χ2n) is 3.56. The van der Waals surface area contributed by atoms with Crippen molar-refractivity contribution >= 4 is 6.41 Å². The predicted molar refractivity (Wildman–Crippen MR) is 52.7 cm³/mol. The quantitative estimate of drug-likeness (QED) is 0.561. The van der Waals surface area contributed by atoms with Gasteiger partial charge in [-0.1, -0.05) is 0 Å². The summed E-state index contributed by atoms with van der Waals surface area (Å²) in [5.41, 5.74) is 0. The van der Waals surface area contributed by atoms with Crippen LogP contribution in [0.3, 0.4) is 0 Å². The molecule has 0 N–H and O–H groups in total. The van der Waals surface area contributed by atoms with Crippen molar-refractivity contribution in [3.8, 4) is 0 Å². The maximum absolute atomic E-state index is 11.1. The smallest absolute Gasteiger partial charge is 0.239 e. The molecular formula is C9H17N3O3. The van der Waals surface area contributed by atoms with E-state index in [-0.39, 0.29) is 0 Å². The highest BCUT2D eigenvalue weighted by atomic mass is 16.5. The van der Waals surface area contributed by atoms with E-state index < -0.39 is 0 Å². The Kier molecular flexibility index (Phi) is 3.90. The molecule has 0 aromatic carbocycles. The molecule has 0 aromatic rings. The minimum Gasteiger partial charge on any atom is -0.379 e. The van der Waals surface area contributed by atoms with Crippen LogP contribution in [0.2, 0.25) is 0 Å². The molecule has 86 valence electrons. The van der Waals surface area contributed by atoms with Crippen LogP contribution in [0.25, 0.3) is 0 Å². The minimum absolute atomic E-state index is 0.689. The summed E-state index contributed by atoms with van der Waals surface area (Å²) < 4.78 is 10.5. The lowest BCUT2D eigenvalue weighted by Gasteiger charge is -2.42. The molecular weight excluding hydrogens is 198 g/mol. The fourth-order valence-electron chi connectivity index (χ4n) is 1.83. The molecule has 0 radical (unpaired) electrons. The van der Waals surface area contributed by atoms with Crippen molar-refractivity contribution in [2.24, 2.45) is 0 Å². The lowest BCUT2D eigenvalue weighted by Crippen LogP contribution is -2.58. The number of morpholine rings is 2. The average Bonchev–Trinajstić information content (AvgIpc) is 2.33. The van der Waals surface area contributed by atoms with Crippen molar-refractivity contribution in [1.29, 1.82) is 0 Å². The van der Waals surface area contributed by atoms with E-state index in [0.717, 1.165) is 32.6 Å². The molecule has 0 aromatic heterocycles. The van der Waals surface area contributed by atoms with Crippen molar-refractivity contribution in [2.75, 3.05) is 52.6 Å². The second-order valence-corrected chi connectivity index (χ2v) is 3.56. The van der Waals surface area contributed by atoms with Crippen LogP contribution in [0.4, 0.5) is 0 Å². The highest BCUT2D eigenvalue weighted by Crippen LogP contribution is 2.07. The van der Waals surface area contributed by atoms with Crippen LogP contribution in [-0.4, -0.2) is 74.2 Å². The summed E-state index contributed by atoms with van der Waals surface area (Å²) in [7, 11) is 0. The van der Waals surface area contributed by atoms with Crippen LogP contribution in [0.15, 0.2) is 0 Å². The Morgan fingerprint density at radius 3 is 1.60 bits per heavy atom. The molecule has 6 heteroatoms. The van der Waals surface area contributed by atoms with E-state index in [0.29, 0.717) is 26.4 Å². The van der Waals surface area contributed by atoms with Gasteiger partial charge in [0.25, 0.3) is 0 Å². The fourth-order valence-corrected chi connectivity index (χ4v) is 1.83. The number of carbonyl (C=O) groups is 1. The molecule has 0 unspecified atom stereocenters. The molecule has 15 heavy (non-hydrogen) atoms. The van der Waals surface area contributed by atoms with Crippen molar-refractivity contribution in [1.82, 2.24) is 15.1 Å². The summed E-state index contributed by atoms with van der Waals surface area (Å²) in [4.78, 5) is 11.1. The number of carbonyl (C=O) groups excluding carboxylic acids is 1. The highest BCUT2D eigenvalue weighted by molar-refractivity contribution is 5.45. The zero-order valence-electron chi connectivity index (χ0n) is 8.80. The van der Waals surface area contributed by atoms with Gasteiger partial charge in [0.05, 0.1) is 26.4 Å². The first-order valence-corrected chi connectivity index (χ1v) is 5.31. The normalized spacial score (nSPS) is 25.1. The summed E-state index contributed by atoms with van der Waals surface area (Å²) in [5.74, 6) is 0. The van der Waals surface area contributed by atoms with Gasteiger partial charge in [-0.2, -0.15) is 10.0 Å². The minimum atomic E-state index is 0.689. The van der Waals surface area contributed by atoms with Crippen molar-refractivity contribution in [3.63, 3.8) is 0 Å². The van der Waals surface area contributed by atoms with Gasteiger partial charge in [0, 0.05) is 26.2 Å². The van der Waals surface area contributed by atoms with Gasteiger partial charge in [-0.25, -0.2) is 5.12 Å². The van der Waals surface area contributed by atoms with E-state index in [1.54, 1.807) is 5.12 Å². The van der Waals surface area contributed by atoms with Gasteiger partial charge in [0.15, 0.2) is 0 Å². The number of hydrogen-bond donors (Lipinski definition) is 0. The monoisotopic (exact) mass is 215 g/mol.